The summed E-state index contributed by atoms with van der Waals surface area (Å²) >= 11 is 2.09. The largest absolute Gasteiger partial charge is 0.283 e. The lowest BCUT2D eigenvalue weighted by Gasteiger charge is -2.08. The number of nitrogens with zero attached hydrogens (tertiary/aromatic N) is 1. The van der Waals surface area contributed by atoms with E-state index in [2.05, 4.69) is 27.3 Å². The molecule has 0 bridgehead atoms. The van der Waals surface area contributed by atoms with Gasteiger partial charge >= 0.3 is 0 Å². The van der Waals surface area contributed by atoms with Crippen molar-refractivity contribution < 1.29 is 13.3 Å². The summed E-state index contributed by atoms with van der Waals surface area (Å²) in [6.07, 6.45) is 0. The molecule has 1 N–H and O–H groups in total. The quantitative estimate of drug-likeness (QED) is 0.459. The maximum Gasteiger partial charge on any atom is 0.269 e. The van der Waals surface area contributed by atoms with Crippen LogP contribution in [0.2, 0.25) is 0 Å². The molecule has 21 heavy (non-hydrogen) atoms. The van der Waals surface area contributed by atoms with Crippen LogP contribution in [0.1, 0.15) is 5.56 Å². The number of halogens is 1. The molecule has 0 spiro atoms. The Bertz CT molecular complexity index is 760. The lowest BCUT2D eigenvalue weighted by Crippen LogP contribution is -2.15. The van der Waals surface area contributed by atoms with Gasteiger partial charge in [0, 0.05) is 21.4 Å². The molecule has 0 radical (unpaired) electrons. The normalized spacial score (nSPS) is 11.1. The Morgan fingerprint density at radius 2 is 1.81 bits per heavy atom. The summed E-state index contributed by atoms with van der Waals surface area (Å²) in [4.78, 5) is 10.0. The number of rotatable bonds is 5. The summed E-state index contributed by atoms with van der Waals surface area (Å²) in [5.74, 6) is -0.240. The van der Waals surface area contributed by atoms with Gasteiger partial charge in [0.05, 0.1) is 10.7 Å². The van der Waals surface area contributed by atoms with Crippen LogP contribution in [0.15, 0.2) is 48.5 Å². The van der Waals surface area contributed by atoms with Crippen LogP contribution < -0.4 is 4.72 Å². The third kappa shape index (κ3) is 4.67. The van der Waals surface area contributed by atoms with Gasteiger partial charge in [-0.3, -0.25) is 14.8 Å². The number of nitrogens with one attached hydrogen (secondary N) is 1. The number of non-ortho nitro benzene ring substituents is 1. The third-order valence-corrected chi connectivity index (χ3v) is 4.53. The van der Waals surface area contributed by atoms with Crippen molar-refractivity contribution in [2.24, 2.45) is 0 Å². The standard InChI is InChI=1S/C13H11IN2O4S/c14-11-2-1-3-12(8-11)15-21(19,20)9-10-4-6-13(7-5-10)16(17)18/h1-8,15H,9H2. The Hall–Kier alpha value is -1.68. The molecule has 110 valence electrons. The maximum atomic E-state index is 12.1. The first-order valence-corrected chi connectivity index (χ1v) is 8.58. The van der Waals surface area contributed by atoms with E-state index in [1.807, 2.05) is 6.07 Å². The molecular weight excluding hydrogens is 407 g/mol. The number of hydrogen-bond acceptors (Lipinski definition) is 4. The molecule has 2 rings (SSSR count). The third-order valence-electron chi connectivity index (χ3n) is 2.60. The van der Waals surface area contributed by atoms with Crippen LogP contribution in [0.4, 0.5) is 11.4 Å². The summed E-state index contributed by atoms with van der Waals surface area (Å²) in [5.41, 5.74) is 0.907. The zero-order valence-corrected chi connectivity index (χ0v) is 13.7. The topological polar surface area (TPSA) is 89.3 Å². The van der Waals surface area contributed by atoms with Crippen LogP contribution in [-0.4, -0.2) is 13.3 Å². The van der Waals surface area contributed by atoms with Crippen LogP contribution >= 0.6 is 22.6 Å². The van der Waals surface area contributed by atoms with E-state index in [-0.39, 0.29) is 11.4 Å². The molecule has 0 fully saturated rings. The molecule has 2 aromatic carbocycles. The molecule has 0 aliphatic carbocycles. The average molecular weight is 418 g/mol. The minimum atomic E-state index is -3.56. The van der Waals surface area contributed by atoms with Gasteiger partial charge in [-0.15, -0.1) is 0 Å². The van der Waals surface area contributed by atoms with E-state index in [1.165, 1.54) is 24.3 Å². The minimum Gasteiger partial charge on any atom is -0.283 e. The Morgan fingerprint density at radius 1 is 1.14 bits per heavy atom. The van der Waals surface area contributed by atoms with Crippen molar-refractivity contribution in [3.05, 3.63) is 67.8 Å². The van der Waals surface area contributed by atoms with Gasteiger partial charge in [-0.1, -0.05) is 18.2 Å². The monoisotopic (exact) mass is 418 g/mol. The highest BCUT2D eigenvalue weighted by atomic mass is 127. The molecule has 0 saturated heterocycles. The molecule has 0 saturated carbocycles. The van der Waals surface area contributed by atoms with E-state index in [4.69, 9.17) is 0 Å². The molecular formula is C13H11IN2O4S. The Balaban J connectivity index is 2.12. The molecule has 0 aliphatic rings. The highest BCUT2D eigenvalue weighted by Crippen LogP contribution is 2.17. The van der Waals surface area contributed by atoms with E-state index in [1.54, 1.807) is 18.2 Å². The summed E-state index contributed by atoms with van der Waals surface area (Å²) in [6.45, 7) is 0. The number of sulfonamides is 1. The number of hydrogen-bond donors (Lipinski definition) is 1. The molecule has 0 aromatic heterocycles. The van der Waals surface area contributed by atoms with Gasteiger partial charge in [-0.2, -0.15) is 0 Å². The SMILES string of the molecule is O=[N+]([O-])c1ccc(CS(=O)(=O)Nc2cccc(I)c2)cc1. The van der Waals surface area contributed by atoms with Crippen molar-refractivity contribution in [1.82, 2.24) is 0 Å². The van der Waals surface area contributed by atoms with Crippen LogP contribution in [0, 0.1) is 13.7 Å². The predicted octanol–water partition coefficient (Wildman–Crippen LogP) is 3.14. The van der Waals surface area contributed by atoms with Crippen LogP contribution in [0.3, 0.4) is 0 Å². The molecule has 8 heteroatoms. The van der Waals surface area contributed by atoms with Crippen molar-refractivity contribution in [3.8, 4) is 0 Å². The molecule has 0 aliphatic heterocycles. The first kappa shape index (κ1) is 15.7. The van der Waals surface area contributed by atoms with E-state index in [0.717, 1.165) is 3.57 Å². The summed E-state index contributed by atoms with van der Waals surface area (Å²) in [7, 11) is -3.56. The van der Waals surface area contributed by atoms with Crippen molar-refractivity contribution in [1.29, 1.82) is 0 Å². The predicted molar refractivity (Wildman–Crippen MR) is 88.5 cm³/mol. The number of benzene rings is 2. The van der Waals surface area contributed by atoms with Gasteiger partial charge < -0.3 is 0 Å². The van der Waals surface area contributed by atoms with E-state index in [9.17, 15) is 18.5 Å². The van der Waals surface area contributed by atoms with E-state index >= 15 is 0 Å². The lowest BCUT2D eigenvalue weighted by atomic mass is 10.2. The first-order chi connectivity index (χ1) is 9.85. The second-order valence-electron chi connectivity index (χ2n) is 4.30. The summed E-state index contributed by atoms with van der Waals surface area (Å²) in [6, 6.07) is 12.4. The zero-order chi connectivity index (χ0) is 15.5. The van der Waals surface area contributed by atoms with Gasteiger partial charge in [0.2, 0.25) is 10.0 Å². The van der Waals surface area contributed by atoms with Crippen molar-refractivity contribution in [2.75, 3.05) is 4.72 Å². The van der Waals surface area contributed by atoms with E-state index in [0.29, 0.717) is 11.3 Å². The minimum absolute atomic E-state index is 0.0679. The molecule has 0 amide bonds. The van der Waals surface area contributed by atoms with Gasteiger partial charge in [0.25, 0.3) is 5.69 Å². The van der Waals surface area contributed by atoms with Gasteiger partial charge in [-0.05, 0) is 46.4 Å². The molecule has 0 unspecified atom stereocenters. The van der Waals surface area contributed by atoms with Crippen molar-refractivity contribution in [3.63, 3.8) is 0 Å². The number of anilines is 1. The van der Waals surface area contributed by atoms with Crippen molar-refractivity contribution >= 4 is 44.0 Å². The highest BCUT2D eigenvalue weighted by Gasteiger charge is 2.13. The molecule has 6 nitrogen and oxygen atoms in total. The van der Waals surface area contributed by atoms with Gasteiger partial charge in [0.1, 0.15) is 0 Å². The lowest BCUT2D eigenvalue weighted by molar-refractivity contribution is -0.384. The first-order valence-electron chi connectivity index (χ1n) is 5.85. The highest BCUT2D eigenvalue weighted by molar-refractivity contribution is 14.1. The fourth-order valence-corrected chi connectivity index (χ4v) is 3.43. The fraction of sp³-hybridized carbons (Fsp3) is 0.0769. The van der Waals surface area contributed by atoms with Crippen LogP contribution in [0.5, 0.6) is 0 Å². The Kier molecular flexibility index (Phi) is 4.78. The van der Waals surface area contributed by atoms with Gasteiger partial charge in [-0.25, -0.2) is 8.42 Å². The second-order valence-corrected chi connectivity index (χ2v) is 7.26. The Labute approximate surface area is 135 Å². The van der Waals surface area contributed by atoms with E-state index < -0.39 is 14.9 Å². The second kappa shape index (κ2) is 6.39. The molecule has 0 heterocycles. The fourth-order valence-electron chi connectivity index (χ4n) is 1.70. The molecule has 2 aromatic rings. The summed E-state index contributed by atoms with van der Waals surface area (Å²) < 4.78 is 27.5. The Morgan fingerprint density at radius 3 is 2.38 bits per heavy atom. The van der Waals surface area contributed by atoms with Crippen molar-refractivity contribution in [2.45, 2.75) is 5.75 Å². The zero-order valence-electron chi connectivity index (χ0n) is 10.7. The molecule has 0 atom stereocenters. The number of nitro benzene ring substituents is 1. The average Bonchev–Trinajstić information content (AvgIpc) is 2.38. The smallest absolute Gasteiger partial charge is 0.269 e. The summed E-state index contributed by atoms with van der Waals surface area (Å²) in [5, 5.41) is 10.5. The number of nitro groups is 1. The maximum absolute atomic E-state index is 12.1. The van der Waals surface area contributed by atoms with Crippen LogP contribution in [0.25, 0.3) is 0 Å². The van der Waals surface area contributed by atoms with Gasteiger partial charge in [0.15, 0.2) is 0 Å². The van der Waals surface area contributed by atoms with Crippen LogP contribution in [-0.2, 0) is 15.8 Å².